The number of likely N-dealkylation sites (N-methyl/N-ethyl adjacent to an activating group) is 1. The van der Waals surface area contributed by atoms with Gasteiger partial charge in [0.1, 0.15) is 16.3 Å². The maximum absolute atomic E-state index is 14.3. The highest BCUT2D eigenvalue weighted by Crippen LogP contribution is 2.39. The molecule has 2 aromatic carbocycles. The second-order valence-electron chi connectivity index (χ2n) is 9.06. The number of hydrogen-bond donors (Lipinski definition) is 0. The average Bonchev–Trinajstić information content (AvgIpc) is 3.39. The van der Waals surface area contributed by atoms with E-state index in [1.54, 1.807) is 25.0 Å². The lowest BCUT2D eigenvalue weighted by molar-refractivity contribution is -0.139. The maximum atomic E-state index is 14.3. The van der Waals surface area contributed by atoms with E-state index in [4.69, 9.17) is 14.5 Å². The lowest BCUT2D eigenvalue weighted by Crippen LogP contribution is -2.41. The molecule has 0 spiro atoms. The predicted octanol–water partition coefficient (Wildman–Crippen LogP) is 4.09. The largest absolute Gasteiger partial charge is 0.496 e. The number of methoxy groups -OCH3 is 1. The highest BCUT2D eigenvalue weighted by atomic mass is 79.9. The Labute approximate surface area is 238 Å². The molecule has 0 unspecified atom stereocenters. The zero-order valence-corrected chi connectivity index (χ0v) is 24.5. The molecule has 3 aromatic rings. The number of thiazole rings is 1. The van der Waals surface area contributed by atoms with Crippen molar-refractivity contribution < 1.29 is 19.1 Å². The fraction of sp³-hybridized carbons (Fsp3) is 0.310. The smallest absolute Gasteiger partial charge is 0.338 e. The van der Waals surface area contributed by atoms with Gasteiger partial charge in [0.2, 0.25) is 0 Å². The number of anilines is 1. The van der Waals surface area contributed by atoms with Crippen molar-refractivity contribution in [1.82, 2.24) is 4.57 Å². The molecule has 3 heterocycles. The van der Waals surface area contributed by atoms with Crippen LogP contribution in [-0.4, -0.2) is 36.7 Å². The van der Waals surface area contributed by atoms with Crippen LogP contribution in [0.5, 0.6) is 5.75 Å². The molecule has 2 aliphatic rings. The topological polar surface area (TPSA) is 90.2 Å². The molecule has 0 aliphatic carbocycles. The van der Waals surface area contributed by atoms with E-state index in [1.807, 2.05) is 50.2 Å². The van der Waals surface area contributed by atoms with Crippen LogP contribution < -0.4 is 24.5 Å². The van der Waals surface area contributed by atoms with Gasteiger partial charge in [0.25, 0.3) is 11.5 Å². The van der Waals surface area contributed by atoms with E-state index in [0.717, 1.165) is 16.6 Å². The van der Waals surface area contributed by atoms with Crippen molar-refractivity contribution in [1.29, 1.82) is 0 Å². The van der Waals surface area contributed by atoms with Crippen LogP contribution in [0, 0.1) is 0 Å². The predicted molar refractivity (Wildman–Crippen MR) is 154 cm³/mol. The van der Waals surface area contributed by atoms with Gasteiger partial charge in [0, 0.05) is 22.1 Å². The van der Waals surface area contributed by atoms with Crippen LogP contribution in [0.15, 0.2) is 68.0 Å². The monoisotopic (exact) mass is 609 g/mol. The van der Waals surface area contributed by atoms with Crippen LogP contribution in [-0.2, 0) is 14.3 Å². The second-order valence-corrected chi connectivity index (χ2v) is 11.0. The third kappa shape index (κ3) is 4.45. The SMILES string of the molecule is CCCC1=C(C(=O)OCC)[C@H](c2ccccc2OC)n2c(s/c(=C3/C(=O)N(CC)c4ccc(Br)cc43)c2=O)=N1. The summed E-state index contributed by atoms with van der Waals surface area (Å²) < 4.78 is 13.7. The summed E-state index contributed by atoms with van der Waals surface area (Å²) in [7, 11) is 1.55. The number of hydrogen-bond acceptors (Lipinski definition) is 7. The van der Waals surface area contributed by atoms with E-state index in [-0.39, 0.29) is 22.6 Å². The third-order valence-electron chi connectivity index (χ3n) is 6.82. The average molecular weight is 611 g/mol. The van der Waals surface area contributed by atoms with Crippen molar-refractivity contribution in [3.63, 3.8) is 0 Å². The molecular weight excluding hydrogens is 582 g/mol. The standard InChI is InChI=1S/C29H28BrN3O5S/c1-5-10-19-23(28(36)38-7-3)24(17-11-8-9-12-21(17)37-4)33-27(35)25(39-29(33)31-19)22-18-15-16(30)13-14-20(18)32(6-2)26(22)34/h8-9,11-15,24H,5-7,10H2,1-4H3/b25-22+/t24-/m0/s1. The van der Waals surface area contributed by atoms with Crippen molar-refractivity contribution in [3.8, 4) is 5.75 Å². The Morgan fingerprint density at radius 3 is 2.59 bits per heavy atom. The molecule has 1 amide bonds. The number of aromatic nitrogens is 1. The van der Waals surface area contributed by atoms with Crippen LogP contribution in [0.4, 0.5) is 5.69 Å². The van der Waals surface area contributed by atoms with Gasteiger partial charge in [-0.15, -0.1) is 0 Å². The van der Waals surface area contributed by atoms with Crippen LogP contribution >= 0.6 is 27.3 Å². The number of ether oxygens (including phenoxy) is 2. The number of amides is 1. The Bertz CT molecular complexity index is 1700. The summed E-state index contributed by atoms with van der Waals surface area (Å²) in [5, 5.41) is 0. The summed E-state index contributed by atoms with van der Waals surface area (Å²) in [6.45, 7) is 6.30. The Morgan fingerprint density at radius 2 is 1.90 bits per heavy atom. The maximum Gasteiger partial charge on any atom is 0.338 e. The normalized spacial score (nSPS) is 17.6. The minimum Gasteiger partial charge on any atom is -0.496 e. The number of para-hydroxylation sites is 1. The molecule has 0 saturated carbocycles. The quantitative estimate of drug-likeness (QED) is 0.376. The number of esters is 1. The number of halogens is 1. The van der Waals surface area contributed by atoms with E-state index in [9.17, 15) is 14.4 Å². The molecule has 0 N–H and O–H groups in total. The Morgan fingerprint density at radius 1 is 1.13 bits per heavy atom. The van der Waals surface area contributed by atoms with Gasteiger partial charge in [-0.1, -0.05) is 58.8 Å². The highest BCUT2D eigenvalue weighted by molar-refractivity contribution is 9.10. The van der Waals surface area contributed by atoms with Crippen molar-refractivity contribution >= 4 is 50.4 Å². The van der Waals surface area contributed by atoms with Gasteiger partial charge in [-0.05, 0) is 44.5 Å². The lowest BCUT2D eigenvalue weighted by atomic mass is 9.93. The molecule has 202 valence electrons. The van der Waals surface area contributed by atoms with E-state index >= 15 is 0 Å². The van der Waals surface area contributed by atoms with Gasteiger partial charge in [0.15, 0.2) is 4.80 Å². The fourth-order valence-corrected chi connectivity index (χ4v) is 6.67. The molecule has 1 aromatic heterocycles. The number of nitrogens with zero attached hydrogens (tertiary/aromatic N) is 3. The lowest BCUT2D eigenvalue weighted by Gasteiger charge is -2.26. The molecule has 0 radical (unpaired) electrons. The summed E-state index contributed by atoms with van der Waals surface area (Å²) in [5.41, 5.74) is 2.91. The first-order valence-electron chi connectivity index (χ1n) is 12.8. The van der Waals surface area contributed by atoms with E-state index in [0.29, 0.717) is 51.5 Å². The Hall–Kier alpha value is -3.50. The van der Waals surface area contributed by atoms with Gasteiger partial charge < -0.3 is 14.4 Å². The number of carbonyl (C=O) groups excluding carboxylic acids is 2. The van der Waals surface area contributed by atoms with E-state index in [2.05, 4.69) is 15.9 Å². The fourth-order valence-electron chi connectivity index (χ4n) is 5.19. The molecule has 0 fully saturated rings. The van der Waals surface area contributed by atoms with E-state index < -0.39 is 12.0 Å². The molecule has 10 heteroatoms. The van der Waals surface area contributed by atoms with Crippen molar-refractivity contribution in [2.75, 3.05) is 25.2 Å². The van der Waals surface area contributed by atoms with Crippen molar-refractivity contribution in [2.45, 2.75) is 39.7 Å². The van der Waals surface area contributed by atoms with E-state index in [1.165, 1.54) is 15.9 Å². The van der Waals surface area contributed by atoms with Crippen molar-refractivity contribution in [2.24, 2.45) is 4.99 Å². The molecule has 39 heavy (non-hydrogen) atoms. The summed E-state index contributed by atoms with van der Waals surface area (Å²) >= 11 is 4.68. The van der Waals surface area contributed by atoms with Gasteiger partial charge in [-0.3, -0.25) is 14.2 Å². The Balaban J connectivity index is 1.89. The third-order valence-corrected chi connectivity index (χ3v) is 8.37. The molecule has 5 rings (SSSR count). The number of fused-ring (bicyclic) bond motifs is 2. The second kappa shape index (κ2) is 10.9. The summed E-state index contributed by atoms with van der Waals surface area (Å²) in [5.74, 6) is -0.228. The number of benzene rings is 2. The van der Waals surface area contributed by atoms with Crippen LogP contribution in [0.2, 0.25) is 0 Å². The first kappa shape index (κ1) is 27.1. The van der Waals surface area contributed by atoms with Gasteiger partial charge in [-0.25, -0.2) is 9.79 Å². The minimum atomic E-state index is -0.826. The zero-order chi connectivity index (χ0) is 27.8. The van der Waals surface area contributed by atoms with Gasteiger partial charge >= 0.3 is 5.97 Å². The minimum absolute atomic E-state index is 0.183. The number of rotatable bonds is 7. The number of carbonyl (C=O) groups is 2. The molecule has 1 atom stereocenters. The van der Waals surface area contributed by atoms with Gasteiger partial charge in [0.05, 0.1) is 36.2 Å². The molecule has 0 saturated heterocycles. The zero-order valence-electron chi connectivity index (χ0n) is 22.1. The van der Waals surface area contributed by atoms with Crippen LogP contribution in [0.25, 0.3) is 5.57 Å². The molecule has 8 nitrogen and oxygen atoms in total. The molecular formula is C29H28BrN3O5S. The first-order valence-corrected chi connectivity index (χ1v) is 14.5. The summed E-state index contributed by atoms with van der Waals surface area (Å²) in [4.78, 5) is 48.3. The summed E-state index contributed by atoms with van der Waals surface area (Å²) in [6.07, 6.45) is 1.27. The van der Waals surface area contributed by atoms with Crippen molar-refractivity contribution in [3.05, 3.63) is 89.0 Å². The van der Waals surface area contributed by atoms with Crippen LogP contribution in [0.1, 0.15) is 50.8 Å². The Kier molecular flexibility index (Phi) is 7.59. The molecule has 2 aliphatic heterocycles. The highest BCUT2D eigenvalue weighted by Gasteiger charge is 2.38. The first-order chi connectivity index (χ1) is 18.9. The number of allylic oxidation sites excluding steroid dienone is 1. The van der Waals surface area contributed by atoms with Gasteiger partial charge in [-0.2, -0.15) is 0 Å². The molecule has 0 bridgehead atoms. The van der Waals surface area contributed by atoms with Crippen LogP contribution in [0.3, 0.4) is 0 Å². The summed E-state index contributed by atoms with van der Waals surface area (Å²) in [6, 6.07) is 12.1.